The molecule has 1 amide bonds. The lowest BCUT2D eigenvalue weighted by Crippen LogP contribution is -2.24. The lowest BCUT2D eigenvalue weighted by Gasteiger charge is -2.06. The zero-order valence-electron chi connectivity index (χ0n) is 15.7. The summed E-state index contributed by atoms with van der Waals surface area (Å²) in [7, 11) is -3.64. The normalized spacial score (nSPS) is 10.5. The van der Waals surface area contributed by atoms with E-state index in [1.54, 1.807) is 36.4 Å². The number of benzene rings is 2. The molecule has 0 unspecified atom stereocenters. The van der Waals surface area contributed by atoms with Crippen molar-refractivity contribution in [1.29, 1.82) is 0 Å². The highest BCUT2D eigenvalue weighted by atomic mass is 32.2. The van der Waals surface area contributed by atoms with Crippen molar-refractivity contribution < 1.29 is 22.7 Å². The van der Waals surface area contributed by atoms with E-state index in [2.05, 4.69) is 21.9 Å². The topological polar surface area (TPSA) is 93.7 Å². The first-order valence-corrected chi connectivity index (χ1v) is 10.1. The van der Waals surface area contributed by atoms with Crippen LogP contribution in [-0.4, -0.2) is 34.1 Å². The second-order valence-corrected chi connectivity index (χ2v) is 7.35. The average molecular weight is 402 g/mol. The van der Waals surface area contributed by atoms with Crippen LogP contribution in [0.5, 0.6) is 11.5 Å². The number of anilines is 1. The Kier molecular flexibility index (Phi) is 7.87. The minimum absolute atomic E-state index is 0.0369. The quantitative estimate of drug-likeness (QED) is 0.662. The molecule has 7 nitrogen and oxygen atoms in total. The number of carbonyl (C=O) groups excluding carboxylic acids is 1. The predicted octanol–water partition coefficient (Wildman–Crippen LogP) is 2.40. The number of nitrogens with one attached hydrogen (secondary N) is 2. The molecule has 0 atom stereocenters. The summed E-state index contributed by atoms with van der Waals surface area (Å²) in [6.07, 6.45) is 0. The van der Waals surface area contributed by atoms with Crippen molar-refractivity contribution in [2.45, 2.75) is 18.7 Å². The maximum atomic E-state index is 12.2. The predicted molar refractivity (Wildman–Crippen MR) is 107 cm³/mol. The first-order valence-electron chi connectivity index (χ1n) is 8.59. The number of sulfonamides is 1. The Morgan fingerprint density at radius 3 is 2.46 bits per heavy atom. The van der Waals surface area contributed by atoms with Crippen molar-refractivity contribution in [2.24, 2.45) is 0 Å². The van der Waals surface area contributed by atoms with Crippen molar-refractivity contribution in [3.05, 3.63) is 48.5 Å². The Balaban J connectivity index is 1.82. The van der Waals surface area contributed by atoms with E-state index in [9.17, 15) is 13.2 Å². The second-order valence-electron chi connectivity index (χ2n) is 5.58. The summed E-state index contributed by atoms with van der Waals surface area (Å²) in [6, 6.07) is 13.1. The first-order chi connectivity index (χ1) is 13.4. The summed E-state index contributed by atoms with van der Waals surface area (Å²) in [5.41, 5.74) is 0.626. The number of hydrogen-bond donors (Lipinski definition) is 2. The molecule has 2 aromatic carbocycles. The molecule has 0 aliphatic carbocycles. The number of hydrogen-bond acceptors (Lipinski definition) is 5. The Hall–Kier alpha value is -3.02. The number of amides is 1. The Morgan fingerprint density at radius 2 is 1.79 bits per heavy atom. The number of rotatable bonds is 8. The summed E-state index contributed by atoms with van der Waals surface area (Å²) >= 11 is 0. The highest BCUT2D eigenvalue weighted by molar-refractivity contribution is 7.89. The van der Waals surface area contributed by atoms with Crippen LogP contribution in [0.1, 0.15) is 13.8 Å². The van der Waals surface area contributed by atoms with Gasteiger partial charge in [0.15, 0.2) is 0 Å². The van der Waals surface area contributed by atoms with E-state index in [1.165, 1.54) is 19.1 Å². The molecular weight excluding hydrogens is 380 g/mol. The van der Waals surface area contributed by atoms with Gasteiger partial charge in [0.1, 0.15) is 18.1 Å². The Morgan fingerprint density at radius 1 is 1.04 bits per heavy atom. The van der Waals surface area contributed by atoms with Gasteiger partial charge in [0.05, 0.1) is 18.0 Å². The van der Waals surface area contributed by atoms with Crippen LogP contribution in [0.15, 0.2) is 53.4 Å². The van der Waals surface area contributed by atoms with Gasteiger partial charge in [0.2, 0.25) is 15.9 Å². The van der Waals surface area contributed by atoms with Gasteiger partial charge in [0.25, 0.3) is 0 Å². The van der Waals surface area contributed by atoms with Crippen LogP contribution < -0.4 is 19.5 Å². The third-order valence-electron chi connectivity index (χ3n) is 3.39. The van der Waals surface area contributed by atoms with Gasteiger partial charge in [-0.2, -0.15) is 4.72 Å². The van der Waals surface area contributed by atoms with Gasteiger partial charge < -0.3 is 14.8 Å². The van der Waals surface area contributed by atoms with Gasteiger partial charge in [-0.15, -0.1) is 0 Å². The van der Waals surface area contributed by atoms with Crippen LogP contribution >= 0.6 is 0 Å². The van der Waals surface area contributed by atoms with E-state index >= 15 is 0 Å². The van der Waals surface area contributed by atoms with Crippen molar-refractivity contribution in [1.82, 2.24) is 4.72 Å². The molecule has 0 saturated heterocycles. The van der Waals surface area contributed by atoms with Crippen LogP contribution in [-0.2, 0) is 14.8 Å². The van der Waals surface area contributed by atoms with Crippen LogP contribution in [0, 0.1) is 11.8 Å². The van der Waals surface area contributed by atoms with Crippen molar-refractivity contribution >= 4 is 21.6 Å². The molecule has 28 heavy (non-hydrogen) atoms. The molecule has 0 fully saturated rings. The molecular formula is C20H22N2O5S. The van der Waals surface area contributed by atoms with E-state index < -0.39 is 10.0 Å². The van der Waals surface area contributed by atoms with E-state index in [4.69, 9.17) is 9.47 Å². The fourth-order valence-corrected chi connectivity index (χ4v) is 3.12. The lowest BCUT2D eigenvalue weighted by atomic mass is 10.3. The minimum atomic E-state index is -3.64. The van der Waals surface area contributed by atoms with Gasteiger partial charge in [-0.3, -0.25) is 4.79 Å². The summed E-state index contributed by atoms with van der Waals surface area (Å²) < 4.78 is 37.6. The smallest absolute Gasteiger partial charge is 0.241 e. The Labute approximate surface area is 165 Å². The van der Waals surface area contributed by atoms with E-state index in [0.717, 1.165) is 0 Å². The molecule has 2 rings (SSSR count). The number of carbonyl (C=O) groups is 1. The summed E-state index contributed by atoms with van der Waals surface area (Å²) in [4.78, 5) is 11.2. The lowest BCUT2D eigenvalue weighted by molar-refractivity contribution is -0.114. The van der Waals surface area contributed by atoms with Gasteiger partial charge in [-0.1, -0.05) is 17.9 Å². The van der Waals surface area contributed by atoms with E-state index in [1.807, 2.05) is 6.92 Å². The molecule has 0 aromatic heterocycles. The molecule has 148 valence electrons. The molecule has 0 aliphatic rings. The van der Waals surface area contributed by atoms with Crippen LogP contribution in [0.3, 0.4) is 0 Å². The standard InChI is InChI=1S/C20H22N2O5S/c1-3-26-18-9-11-20(12-10-18)28(24,25)21-13-4-5-14-27-19-8-6-7-17(15-19)22-16(2)23/h6-12,15,21H,3,13-14H2,1-2H3,(H,22,23). The molecule has 0 aliphatic heterocycles. The molecule has 0 saturated carbocycles. The third-order valence-corrected chi connectivity index (χ3v) is 4.80. The Bertz CT molecular complexity index is 960. The molecule has 2 N–H and O–H groups in total. The molecule has 2 aromatic rings. The molecule has 0 radical (unpaired) electrons. The number of ether oxygens (including phenoxy) is 2. The van der Waals surface area contributed by atoms with Crippen LogP contribution in [0.4, 0.5) is 5.69 Å². The fourth-order valence-electron chi connectivity index (χ4n) is 2.20. The summed E-state index contributed by atoms with van der Waals surface area (Å²) in [5.74, 6) is 6.43. The maximum Gasteiger partial charge on any atom is 0.241 e. The van der Waals surface area contributed by atoms with E-state index in [-0.39, 0.29) is 24.0 Å². The summed E-state index contributed by atoms with van der Waals surface area (Å²) in [6.45, 7) is 3.85. The molecule has 8 heteroatoms. The van der Waals surface area contributed by atoms with Crippen molar-refractivity contribution in [2.75, 3.05) is 25.1 Å². The average Bonchev–Trinajstić information content (AvgIpc) is 2.65. The third kappa shape index (κ3) is 6.95. The van der Waals surface area contributed by atoms with Gasteiger partial charge in [-0.25, -0.2) is 8.42 Å². The SMILES string of the molecule is CCOc1ccc(S(=O)(=O)NCC#CCOc2cccc(NC(C)=O)c2)cc1. The molecule has 0 bridgehead atoms. The van der Waals surface area contributed by atoms with Crippen LogP contribution in [0.2, 0.25) is 0 Å². The molecule has 0 spiro atoms. The maximum absolute atomic E-state index is 12.2. The van der Waals surface area contributed by atoms with Gasteiger partial charge >= 0.3 is 0 Å². The zero-order chi connectivity index (χ0) is 20.4. The fraction of sp³-hybridized carbons (Fsp3) is 0.250. The van der Waals surface area contributed by atoms with Crippen molar-refractivity contribution in [3.63, 3.8) is 0 Å². The van der Waals surface area contributed by atoms with E-state index in [0.29, 0.717) is 23.8 Å². The first kappa shape index (κ1) is 21.3. The largest absolute Gasteiger partial charge is 0.494 e. The van der Waals surface area contributed by atoms with Crippen LogP contribution in [0.25, 0.3) is 0 Å². The monoisotopic (exact) mass is 402 g/mol. The highest BCUT2D eigenvalue weighted by Gasteiger charge is 2.12. The van der Waals surface area contributed by atoms with Crippen molar-refractivity contribution in [3.8, 4) is 23.3 Å². The van der Waals surface area contributed by atoms with Gasteiger partial charge in [0, 0.05) is 18.7 Å². The van der Waals surface area contributed by atoms with Gasteiger partial charge in [-0.05, 0) is 43.3 Å². The summed E-state index contributed by atoms with van der Waals surface area (Å²) in [5, 5.41) is 2.66. The minimum Gasteiger partial charge on any atom is -0.494 e. The highest BCUT2D eigenvalue weighted by Crippen LogP contribution is 2.17. The molecule has 0 heterocycles. The zero-order valence-corrected chi connectivity index (χ0v) is 16.5. The second kappa shape index (κ2) is 10.3.